The third kappa shape index (κ3) is 6.29. The van der Waals surface area contributed by atoms with Crippen molar-refractivity contribution < 1.29 is 4.42 Å². The molecule has 0 fully saturated rings. The van der Waals surface area contributed by atoms with Gasteiger partial charge in [0.1, 0.15) is 11.2 Å². The predicted molar refractivity (Wildman–Crippen MR) is 264 cm³/mol. The summed E-state index contributed by atoms with van der Waals surface area (Å²) in [7, 11) is 0. The molecule has 0 radical (unpaired) electrons. The van der Waals surface area contributed by atoms with Crippen LogP contribution in [0.1, 0.15) is 0 Å². The van der Waals surface area contributed by atoms with Crippen LogP contribution in [-0.2, 0) is 0 Å². The largest absolute Gasteiger partial charge is 0.455 e. The number of nitrogens with zero attached hydrogens (tertiary/aromatic N) is 2. The van der Waals surface area contributed by atoms with Crippen LogP contribution in [-0.4, -0.2) is 4.57 Å². The maximum Gasteiger partial charge on any atom is 0.143 e. The first-order chi connectivity index (χ1) is 31.3. The molecular weight excluding hydrogens is 765 g/mol. The standard InChI is InChI=1S/C60H40N2O/c1-2-17-41(18-3-1)43-19-14-20-44(39-43)48-23-4-9-30-55(48)61(46-37-35-42(36-38-46)50-28-16-29-54-53-27-8-13-34-59(53)63-60(50)54)47-22-15-21-45(40-47)49-24-5-10-31-56(49)62-57-32-11-6-25-51(57)52-26-7-12-33-58(52)62/h1-40H. The van der Waals surface area contributed by atoms with E-state index < -0.39 is 0 Å². The fourth-order valence-electron chi connectivity index (χ4n) is 9.51. The van der Waals surface area contributed by atoms with Gasteiger partial charge in [0.25, 0.3) is 0 Å². The maximum absolute atomic E-state index is 6.49. The van der Waals surface area contributed by atoms with E-state index in [-0.39, 0.29) is 0 Å². The van der Waals surface area contributed by atoms with E-state index in [9.17, 15) is 0 Å². The summed E-state index contributed by atoms with van der Waals surface area (Å²) in [5, 5.41) is 4.75. The second kappa shape index (κ2) is 15.3. The van der Waals surface area contributed by atoms with Gasteiger partial charge in [0.05, 0.1) is 22.4 Å². The highest BCUT2D eigenvalue weighted by molar-refractivity contribution is 6.11. The third-order valence-electron chi connectivity index (χ3n) is 12.4. The van der Waals surface area contributed by atoms with Crippen molar-refractivity contribution in [1.82, 2.24) is 4.57 Å². The van der Waals surface area contributed by atoms with Crippen LogP contribution in [0.3, 0.4) is 0 Å². The van der Waals surface area contributed by atoms with E-state index in [2.05, 4.69) is 240 Å². The van der Waals surface area contributed by atoms with E-state index in [0.29, 0.717) is 0 Å². The van der Waals surface area contributed by atoms with Crippen LogP contribution >= 0.6 is 0 Å². The van der Waals surface area contributed by atoms with Crippen molar-refractivity contribution in [3.05, 3.63) is 243 Å². The highest BCUT2D eigenvalue weighted by atomic mass is 16.3. The van der Waals surface area contributed by atoms with Gasteiger partial charge in [-0.3, -0.25) is 0 Å². The minimum Gasteiger partial charge on any atom is -0.455 e. The normalized spacial score (nSPS) is 11.5. The second-order valence-corrected chi connectivity index (χ2v) is 16.1. The van der Waals surface area contributed by atoms with E-state index in [1.807, 2.05) is 12.1 Å². The van der Waals surface area contributed by atoms with Crippen LogP contribution in [0.5, 0.6) is 0 Å². The number of fused-ring (bicyclic) bond motifs is 6. The van der Waals surface area contributed by atoms with Crippen molar-refractivity contribution >= 4 is 60.8 Å². The van der Waals surface area contributed by atoms with Crippen molar-refractivity contribution in [3.8, 4) is 50.2 Å². The molecule has 63 heavy (non-hydrogen) atoms. The SMILES string of the molecule is c1ccc(-c2cccc(-c3ccccc3N(c3ccc(-c4cccc5c4oc4ccccc45)cc3)c3cccc(-c4ccccc4-n4c5ccccc5c5ccccc54)c3)c2)cc1. The lowest BCUT2D eigenvalue weighted by Gasteiger charge is -2.29. The first-order valence-corrected chi connectivity index (χ1v) is 21.5. The molecule has 0 unspecified atom stereocenters. The molecule has 0 atom stereocenters. The Balaban J connectivity index is 1.03. The van der Waals surface area contributed by atoms with Gasteiger partial charge in [-0.25, -0.2) is 0 Å². The van der Waals surface area contributed by atoms with Crippen LogP contribution < -0.4 is 4.90 Å². The van der Waals surface area contributed by atoms with E-state index in [1.54, 1.807) is 0 Å². The third-order valence-corrected chi connectivity index (χ3v) is 12.4. The zero-order valence-corrected chi connectivity index (χ0v) is 34.4. The average Bonchev–Trinajstić information content (AvgIpc) is 3.91. The molecule has 0 aliphatic carbocycles. The Morgan fingerprint density at radius 2 is 0.873 bits per heavy atom. The van der Waals surface area contributed by atoms with Gasteiger partial charge in [-0.15, -0.1) is 0 Å². The number of hydrogen-bond donors (Lipinski definition) is 0. The summed E-state index contributed by atoms with van der Waals surface area (Å²) in [5.74, 6) is 0. The smallest absolute Gasteiger partial charge is 0.143 e. The first-order valence-electron chi connectivity index (χ1n) is 21.5. The number of furan rings is 1. The van der Waals surface area contributed by atoms with Crippen LogP contribution in [0.4, 0.5) is 17.1 Å². The van der Waals surface area contributed by atoms with Crippen molar-refractivity contribution in [1.29, 1.82) is 0 Å². The number of anilines is 3. The molecule has 0 bridgehead atoms. The Labute approximate surface area is 366 Å². The molecule has 0 amide bonds. The topological polar surface area (TPSA) is 21.3 Å². The Morgan fingerprint density at radius 1 is 0.317 bits per heavy atom. The summed E-state index contributed by atoms with van der Waals surface area (Å²) in [6.45, 7) is 0. The van der Waals surface area contributed by atoms with E-state index >= 15 is 0 Å². The van der Waals surface area contributed by atoms with E-state index in [0.717, 1.165) is 78.1 Å². The van der Waals surface area contributed by atoms with Gasteiger partial charge in [-0.2, -0.15) is 0 Å². The van der Waals surface area contributed by atoms with Gasteiger partial charge >= 0.3 is 0 Å². The lowest BCUT2D eigenvalue weighted by molar-refractivity contribution is 0.670. The van der Waals surface area contributed by atoms with Gasteiger partial charge in [-0.05, 0) is 88.5 Å². The second-order valence-electron chi connectivity index (χ2n) is 16.1. The maximum atomic E-state index is 6.49. The number of hydrogen-bond acceptors (Lipinski definition) is 2. The van der Waals surface area contributed by atoms with Crippen molar-refractivity contribution in [2.24, 2.45) is 0 Å². The Morgan fingerprint density at radius 3 is 1.67 bits per heavy atom. The molecule has 296 valence electrons. The van der Waals surface area contributed by atoms with Crippen LogP contribution in [0.25, 0.3) is 93.9 Å². The summed E-state index contributed by atoms with van der Waals surface area (Å²) in [4.78, 5) is 2.41. The van der Waals surface area contributed by atoms with Crippen molar-refractivity contribution in [2.45, 2.75) is 0 Å². The molecule has 0 saturated carbocycles. The zero-order chi connectivity index (χ0) is 41.7. The fourth-order valence-corrected chi connectivity index (χ4v) is 9.51. The summed E-state index contributed by atoms with van der Waals surface area (Å²) in [5.41, 5.74) is 17.6. The van der Waals surface area contributed by atoms with Crippen molar-refractivity contribution in [3.63, 3.8) is 0 Å². The predicted octanol–water partition coefficient (Wildman–Crippen LogP) is 16.8. The molecule has 0 aliphatic heterocycles. The molecule has 0 saturated heterocycles. The molecule has 2 heterocycles. The Kier molecular flexibility index (Phi) is 8.83. The molecule has 10 aromatic carbocycles. The number of rotatable bonds is 8. The molecular formula is C60H40N2O. The lowest BCUT2D eigenvalue weighted by atomic mass is 9.96. The highest BCUT2D eigenvalue weighted by Crippen LogP contribution is 2.45. The molecule has 0 spiro atoms. The molecule has 0 aliphatic rings. The molecule has 12 aromatic rings. The van der Waals surface area contributed by atoms with Crippen LogP contribution in [0.2, 0.25) is 0 Å². The fraction of sp³-hybridized carbons (Fsp3) is 0. The Bertz CT molecular complexity index is 3580. The molecule has 12 rings (SSSR count). The van der Waals surface area contributed by atoms with Gasteiger partial charge in [0.15, 0.2) is 0 Å². The summed E-state index contributed by atoms with van der Waals surface area (Å²) < 4.78 is 8.90. The quantitative estimate of drug-likeness (QED) is 0.153. The van der Waals surface area contributed by atoms with Crippen LogP contribution in [0, 0.1) is 0 Å². The van der Waals surface area contributed by atoms with Crippen molar-refractivity contribution in [2.75, 3.05) is 4.90 Å². The molecule has 3 heteroatoms. The van der Waals surface area contributed by atoms with Gasteiger partial charge < -0.3 is 13.9 Å². The molecule has 2 aromatic heterocycles. The summed E-state index contributed by atoms with van der Waals surface area (Å²) >= 11 is 0. The summed E-state index contributed by atoms with van der Waals surface area (Å²) in [6.07, 6.45) is 0. The van der Waals surface area contributed by atoms with Gasteiger partial charge in [-0.1, -0.05) is 182 Å². The van der Waals surface area contributed by atoms with Gasteiger partial charge in [0, 0.05) is 49.6 Å². The molecule has 0 N–H and O–H groups in total. The monoisotopic (exact) mass is 804 g/mol. The van der Waals surface area contributed by atoms with Gasteiger partial charge in [0.2, 0.25) is 0 Å². The number of benzene rings is 10. The first kappa shape index (κ1) is 36.5. The molecule has 3 nitrogen and oxygen atoms in total. The lowest BCUT2D eigenvalue weighted by Crippen LogP contribution is -2.11. The average molecular weight is 805 g/mol. The summed E-state index contributed by atoms with van der Waals surface area (Å²) in [6, 6.07) is 87.1. The van der Waals surface area contributed by atoms with E-state index in [4.69, 9.17) is 4.42 Å². The van der Waals surface area contributed by atoms with Crippen LogP contribution in [0.15, 0.2) is 247 Å². The highest BCUT2D eigenvalue weighted by Gasteiger charge is 2.21. The number of para-hydroxylation sites is 6. The minimum absolute atomic E-state index is 0.898. The zero-order valence-electron chi connectivity index (χ0n) is 34.4. The van der Waals surface area contributed by atoms with E-state index in [1.165, 1.54) is 32.9 Å². The number of aromatic nitrogens is 1. The minimum atomic E-state index is 0.898. The Hall–Kier alpha value is -8.40.